The van der Waals surface area contributed by atoms with Gasteiger partial charge in [-0.15, -0.1) is 0 Å². The Morgan fingerprint density at radius 1 is 1.24 bits per heavy atom. The molecule has 1 saturated carbocycles. The minimum atomic E-state index is -0.163. The van der Waals surface area contributed by atoms with Crippen LogP contribution in [0.15, 0.2) is 24.3 Å². The lowest BCUT2D eigenvalue weighted by Gasteiger charge is -2.28. The van der Waals surface area contributed by atoms with Gasteiger partial charge < -0.3 is 5.11 Å². The summed E-state index contributed by atoms with van der Waals surface area (Å²) in [5.41, 5.74) is 2.99. The van der Waals surface area contributed by atoms with Crippen molar-refractivity contribution in [3.8, 4) is 0 Å². The molecule has 0 amide bonds. The molecule has 1 aromatic rings. The molecule has 0 bridgehead atoms. The van der Waals surface area contributed by atoms with Crippen LogP contribution in [0.3, 0.4) is 0 Å². The Hall–Kier alpha value is -0.820. The highest BCUT2D eigenvalue weighted by atomic mass is 16.3. The van der Waals surface area contributed by atoms with Crippen molar-refractivity contribution in [1.82, 2.24) is 0 Å². The standard InChI is InChI=1S/C16H24O/c1-12(2)16(17)11-10-14-6-3-4-9-15(14)13-7-5-8-13/h3-4,6,9,12-13,16-17H,5,7-8,10-11H2,1-2H3. The molecule has 1 aliphatic rings. The van der Waals surface area contributed by atoms with Gasteiger partial charge in [0.2, 0.25) is 0 Å². The van der Waals surface area contributed by atoms with E-state index in [0.717, 1.165) is 18.8 Å². The molecule has 0 heterocycles. The van der Waals surface area contributed by atoms with Crippen LogP contribution >= 0.6 is 0 Å². The Morgan fingerprint density at radius 2 is 1.94 bits per heavy atom. The Bertz CT molecular complexity index is 352. The van der Waals surface area contributed by atoms with E-state index in [4.69, 9.17) is 0 Å². The van der Waals surface area contributed by atoms with E-state index in [2.05, 4.69) is 38.1 Å². The Kier molecular flexibility index (Phi) is 4.22. The lowest BCUT2D eigenvalue weighted by Crippen LogP contribution is -2.17. The molecule has 0 aliphatic heterocycles. The molecule has 94 valence electrons. The van der Waals surface area contributed by atoms with E-state index < -0.39 is 0 Å². The lowest BCUT2D eigenvalue weighted by atomic mass is 9.77. The van der Waals surface area contributed by atoms with E-state index in [0.29, 0.717) is 5.92 Å². The Morgan fingerprint density at radius 3 is 2.53 bits per heavy atom. The number of aliphatic hydroxyl groups excluding tert-OH is 1. The van der Waals surface area contributed by atoms with E-state index in [9.17, 15) is 5.11 Å². The first-order chi connectivity index (χ1) is 8.18. The maximum Gasteiger partial charge on any atom is 0.0566 e. The quantitative estimate of drug-likeness (QED) is 0.816. The summed E-state index contributed by atoms with van der Waals surface area (Å²) in [5.74, 6) is 1.16. The molecule has 17 heavy (non-hydrogen) atoms. The van der Waals surface area contributed by atoms with E-state index in [-0.39, 0.29) is 6.10 Å². The lowest BCUT2D eigenvalue weighted by molar-refractivity contribution is 0.116. The second-order valence-electron chi connectivity index (χ2n) is 5.68. The third kappa shape index (κ3) is 3.10. The van der Waals surface area contributed by atoms with Crippen LogP contribution in [0.4, 0.5) is 0 Å². The second kappa shape index (κ2) is 5.68. The average Bonchev–Trinajstić information content (AvgIpc) is 2.25. The van der Waals surface area contributed by atoms with Gasteiger partial charge in [-0.05, 0) is 48.6 Å². The molecule has 1 N–H and O–H groups in total. The summed E-state index contributed by atoms with van der Waals surface area (Å²) in [7, 11) is 0. The molecule has 0 aromatic heterocycles. The molecule has 0 spiro atoms. The van der Waals surface area contributed by atoms with Crippen molar-refractivity contribution in [2.45, 2.75) is 58.0 Å². The largest absolute Gasteiger partial charge is 0.393 e. The average molecular weight is 232 g/mol. The van der Waals surface area contributed by atoms with Gasteiger partial charge in [0.15, 0.2) is 0 Å². The second-order valence-corrected chi connectivity index (χ2v) is 5.68. The smallest absolute Gasteiger partial charge is 0.0566 e. The fourth-order valence-electron chi connectivity index (χ4n) is 2.52. The fraction of sp³-hybridized carbons (Fsp3) is 0.625. The zero-order valence-corrected chi connectivity index (χ0v) is 11.0. The Labute approximate surface area is 105 Å². The highest BCUT2D eigenvalue weighted by molar-refractivity contribution is 5.31. The molecule has 2 rings (SSSR count). The molecule has 1 nitrogen and oxygen atoms in total. The van der Waals surface area contributed by atoms with Gasteiger partial charge in [-0.3, -0.25) is 0 Å². The van der Waals surface area contributed by atoms with Crippen molar-refractivity contribution in [2.75, 3.05) is 0 Å². The first-order valence-corrected chi connectivity index (χ1v) is 6.94. The van der Waals surface area contributed by atoms with E-state index in [1.807, 2.05) is 0 Å². The van der Waals surface area contributed by atoms with Gasteiger partial charge in [0.25, 0.3) is 0 Å². The SMILES string of the molecule is CC(C)C(O)CCc1ccccc1C1CCC1. The summed E-state index contributed by atoms with van der Waals surface area (Å²) in [6.07, 6.45) is 5.83. The zero-order valence-electron chi connectivity index (χ0n) is 11.0. The maximum atomic E-state index is 9.89. The first kappa shape index (κ1) is 12.6. The van der Waals surface area contributed by atoms with Crippen LogP contribution in [-0.2, 0) is 6.42 Å². The van der Waals surface area contributed by atoms with E-state index in [1.165, 1.54) is 30.4 Å². The summed E-state index contributed by atoms with van der Waals surface area (Å²) in [6, 6.07) is 8.79. The number of rotatable bonds is 5. The van der Waals surface area contributed by atoms with Crippen LogP contribution in [0.1, 0.15) is 56.6 Å². The van der Waals surface area contributed by atoms with Gasteiger partial charge in [-0.1, -0.05) is 44.5 Å². The summed E-state index contributed by atoms with van der Waals surface area (Å²) in [5, 5.41) is 9.89. The molecule has 1 atom stereocenters. The van der Waals surface area contributed by atoms with Crippen molar-refractivity contribution >= 4 is 0 Å². The number of benzene rings is 1. The minimum Gasteiger partial charge on any atom is -0.393 e. The van der Waals surface area contributed by atoms with Crippen LogP contribution in [0.2, 0.25) is 0 Å². The number of aryl methyl sites for hydroxylation is 1. The predicted octanol–water partition coefficient (Wildman–Crippen LogP) is 3.90. The molecule has 1 aromatic carbocycles. The molecule has 1 heteroatoms. The molecule has 0 saturated heterocycles. The van der Waals surface area contributed by atoms with Crippen LogP contribution in [0, 0.1) is 5.92 Å². The third-order valence-electron chi connectivity index (χ3n) is 4.08. The molecule has 1 aliphatic carbocycles. The number of aliphatic hydroxyl groups is 1. The zero-order chi connectivity index (χ0) is 12.3. The van der Waals surface area contributed by atoms with Gasteiger partial charge in [-0.25, -0.2) is 0 Å². The normalized spacial score (nSPS) is 18.1. The van der Waals surface area contributed by atoms with Crippen molar-refractivity contribution < 1.29 is 5.11 Å². The van der Waals surface area contributed by atoms with Gasteiger partial charge in [0, 0.05) is 0 Å². The van der Waals surface area contributed by atoms with Gasteiger partial charge >= 0.3 is 0 Å². The van der Waals surface area contributed by atoms with Crippen LogP contribution in [0.25, 0.3) is 0 Å². The summed E-state index contributed by atoms with van der Waals surface area (Å²) in [4.78, 5) is 0. The highest BCUT2D eigenvalue weighted by Gasteiger charge is 2.21. The monoisotopic (exact) mass is 232 g/mol. The minimum absolute atomic E-state index is 0.163. The van der Waals surface area contributed by atoms with Gasteiger partial charge in [0.05, 0.1) is 6.10 Å². The molecular formula is C16H24O. The van der Waals surface area contributed by atoms with Gasteiger partial charge in [0.1, 0.15) is 0 Å². The Balaban J connectivity index is 1.99. The van der Waals surface area contributed by atoms with Crippen molar-refractivity contribution in [2.24, 2.45) is 5.92 Å². The van der Waals surface area contributed by atoms with E-state index >= 15 is 0 Å². The molecule has 0 radical (unpaired) electrons. The molecule has 1 fully saturated rings. The van der Waals surface area contributed by atoms with Crippen molar-refractivity contribution in [3.63, 3.8) is 0 Å². The molecule has 1 unspecified atom stereocenters. The summed E-state index contributed by atoms with van der Waals surface area (Å²) < 4.78 is 0. The molecular weight excluding hydrogens is 208 g/mol. The van der Waals surface area contributed by atoms with Crippen molar-refractivity contribution in [1.29, 1.82) is 0 Å². The summed E-state index contributed by atoms with van der Waals surface area (Å²) in [6.45, 7) is 4.17. The predicted molar refractivity (Wildman–Crippen MR) is 72.2 cm³/mol. The number of hydrogen-bond acceptors (Lipinski definition) is 1. The summed E-state index contributed by atoms with van der Waals surface area (Å²) >= 11 is 0. The van der Waals surface area contributed by atoms with Gasteiger partial charge in [-0.2, -0.15) is 0 Å². The number of hydrogen-bond donors (Lipinski definition) is 1. The highest BCUT2D eigenvalue weighted by Crippen LogP contribution is 2.38. The van der Waals surface area contributed by atoms with E-state index in [1.54, 1.807) is 0 Å². The van der Waals surface area contributed by atoms with Crippen LogP contribution in [0.5, 0.6) is 0 Å². The topological polar surface area (TPSA) is 20.2 Å². The third-order valence-corrected chi connectivity index (χ3v) is 4.08. The fourth-order valence-corrected chi connectivity index (χ4v) is 2.52. The van der Waals surface area contributed by atoms with Crippen LogP contribution in [-0.4, -0.2) is 11.2 Å². The maximum absolute atomic E-state index is 9.89. The first-order valence-electron chi connectivity index (χ1n) is 6.94. The van der Waals surface area contributed by atoms with Crippen LogP contribution < -0.4 is 0 Å². The van der Waals surface area contributed by atoms with Crippen molar-refractivity contribution in [3.05, 3.63) is 35.4 Å².